The van der Waals surface area contributed by atoms with E-state index >= 15 is 0 Å². The Morgan fingerprint density at radius 3 is 2.49 bits per heavy atom. The normalized spacial score (nSPS) is 12.8. The number of fused-ring (bicyclic) bond motifs is 1. The molecule has 0 saturated carbocycles. The Kier molecular flexibility index (Phi) is 10.1. The van der Waals surface area contributed by atoms with E-state index in [9.17, 15) is 20.3 Å². The summed E-state index contributed by atoms with van der Waals surface area (Å²) in [6, 6.07) is 23.4. The standard InChI is InChI=1S/C35H33ClN2O7/c1-22-26(7-4-8-28(22)25-9-10-31-34(15-25)43-12-11-42-31)21-45-33-16-32(44-20-24-6-3-5-23(13-24)17-37)27(14-29(33)36)18-38(2)30(19-39)35(40)41/h3-10,13-16,30,39H,11-12,18-21H2,1-2H3,(H,40,41). The Labute approximate surface area is 266 Å². The molecule has 1 aliphatic rings. The van der Waals surface area contributed by atoms with Gasteiger partial charge in [0.1, 0.15) is 44.0 Å². The second-order valence-corrected chi connectivity index (χ2v) is 11.1. The van der Waals surface area contributed by atoms with Crippen molar-refractivity contribution in [1.29, 1.82) is 5.26 Å². The molecule has 45 heavy (non-hydrogen) atoms. The molecular formula is C35H33ClN2O7. The Bertz CT molecular complexity index is 1740. The van der Waals surface area contributed by atoms with Crippen molar-refractivity contribution in [3.05, 3.63) is 106 Å². The summed E-state index contributed by atoms with van der Waals surface area (Å²) in [4.78, 5) is 13.2. The van der Waals surface area contributed by atoms with E-state index in [-0.39, 0.29) is 19.8 Å². The average Bonchev–Trinajstić information content (AvgIpc) is 3.04. The number of halogens is 1. The van der Waals surface area contributed by atoms with Crippen LogP contribution in [0, 0.1) is 18.3 Å². The molecule has 1 heterocycles. The van der Waals surface area contributed by atoms with E-state index in [1.165, 1.54) is 4.90 Å². The monoisotopic (exact) mass is 628 g/mol. The van der Waals surface area contributed by atoms with E-state index in [0.29, 0.717) is 40.9 Å². The summed E-state index contributed by atoms with van der Waals surface area (Å²) in [6.07, 6.45) is 0. The largest absolute Gasteiger partial charge is 0.488 e. The molecule has 1 atom stereocenters. The molecule has 9 nitrogen and oxygen atoms in total. The number of aliphatic carboxylic acids is 1. The van der Waals surface area contributed by atoms with Gasteiger partial charge >= 0.3 is 5.97 Å². The predicted octanol–water partition coefficient (Wildman–Crippen LogP) is 5.99. The van der Waals surface area contributed by atoms with Crippen molar-refractivity contribution < 1.29 is 34.0 Å². The number of nitrogens with zero attached hydrogens (tertiary/aromatic N) is 2. The van der Waals surface area contributed by atoms with Gasteiger partial charge < -0.3 is 29.2 Å². The minimum absolute atomic E-state index is 0.141. The van der Waals surface area contributed by atoms with Gasteiger partial charge in [-0.25, -0.2) is 0 Å². The highest BCUT2D eigenvalue weighted by Crippen LogP contribution is 2.38. The van der Waals surface area contributed by atoms with Crippen LogP contribution in [0.25, 0.3) is 11.1 Å². The van der Waals surface area contributed by atoms with Gasteiger partial charge in [-0.05, 0) is 72.1 Å². The first-order valence-corrected chi connectivity index (χ1v) is 14.7. The summed E-state index contributed by atoms with van der Waals surface area (Å²) in [5, 5.41) is 28.7. The number of benzene rings is 4. The Balaban J connectivity index is 1.40. The van der Waals surface area contributed by atoms with Crippen LogP contribution in [0.1, 0.15) is 27.8 Å². The molecule has 0 radical (unpaired) electrons. The van der Waals surface area contributed by atoms with Crippen molar-refractivity contribution in [1.82, 2.24) is 4.90 Å². The molecule has 5 rings (SSSR count). The Hall–Kier alpha value is -4.75. The van der Waals surface area contributed by atoms with Crippen LogP contribution in [0.2, 0.25) is 5.02 Å². The number of carboxylic acid groups (broad SMARTS) is 1. The molecule has 0 fully saturated rings. The van der Waals surface area contributed by atoms with Crippen molar-refractivity contribution in [2.75, 3.05) is 26.9 Å². The van der Waals surface area contributed by atoms with Crippen LogP contribution in [0.4, 0.5) is 0 Å². The summed E-state index contributed by atoms with van der Waals surface area (Å²) in [7, 11) is 1.60. The zero-order valence-electron chi connectivity index (χ0n) is 25.0. The van der Waals surface area contributed by atoms with Crippen molar-refractivity contribution in [2.24, 2.45) is 0 Å². The summed E-state index contributed by atoms with van der Waals surface area (Å²) >= 11 is 6.69. The highest BCUT2D eigenvalue weighted by molar-refractivity contribution is 6.32. The highest BCUT2D eigenvalue weighted by atomic mass is 35.5. The number of aliphatic hydroxyl groups is 1. The maximum Gasteiger partial charge on any atom is 0.323 e. The lowest BCUT2D eigenvalue weighted by Gasteiger charge is -2.24. The first-order valence-electron chi connectivity index (χ1n) is 14.4. The number of hydrogen-bond donors (Lipinski definition) is 2. The quantitative estimate of drug-likeness (QED) is 0.195. The maximum atomic E-state index is 11.6. The Morgan fingerprint density at radius 2 is 1.73 bits per heavy atom. The lowest BCUT2D eigenvalue weighted by atomic mass is 9.96. The van der Waals surface area contributed by atoms with Crippen LogP contribution in [-0.4, -0.2) is 54.0 Å². The zero-order chi connectivity index (χ0) is 31.9. The molecule has 1 aliphatic heterocycles. The van der Waals surface area contributed by atoms with Crippen molar-refractivity contribution >= 4 is 17.6 Å². The molecule has 0 bridgehead atoms. The van der Waals surface area contributed by atoms with Gasteiger partial charge in [-0.2, -0.15) is 5.26 Å². The predicted molar refractivity (Wildman–Crippen MR) is 169 cm³/mol. The first kappa shape index (κ1) is 31.7. The second-order valence-electron chi connectivity index (χ2n) is 10.7. The minimum atomic E-state index is -1.14. The van der Waals surface area contributed by atoms with E-state index in [2.05, 4.69) is 6.07 Å². The van der Waals surface area contributed by atoms with E-state index in [1.54, 1.807) is 37.4 Å². The number of ether oxygens (including phenoxy) is 4. The fourth-order valence-corrected chi connectivity index (χ4v) is 5.38. The Morgan fingerprint density at radius 1 is 0.978 bits per heavy atom. The van der Waals surface area contributed by atoms with Gasteiger partial charge in [0.15, 0.2) is 11.5 Å². The smallest absolute Gasteiger partial charge is 0.323 e. The fourth-order valence-electron chi connectivity index (χ4n) is 5.14. The van der Waals surface area contributed by atoms with Crippen LogP contribution in [0.3, 0.4) is 0 Å². The molecule has 4 aromatic carbocycles. The lowest BCUT2D eigenvalue weighted by molar-refractivity contribution is -0.144. The number of carbonyl (C=O) groups is 1. The fraction of sp³-hybridized carbons (Fsp3) is 0.257. The van der Waals surface area contributed by atoms with Crippen LogP contribution < -0.4 is 18.9 Å². The first-order chi connectivity index (χ1) is 21.8. The third-order valence-corrected chi connectivity index (χ3v) is 7.95. The lowest BCUT2D eigenvalue weighted by Crippen LogP contribution is -2.40. The van der Waals surface area contributed by atoms with E-state index in [1.807, 2.05) is 49.4 Å². The van der Waals surface area contributed by atoms with Crippen molar-refractivity contribution in [3.63, 3.8) is 0 Å². The zero-order valence-corrected chi connectivity index (χ0v) is 25.7. The summed E-state index contributed by atoms with van der Waals surface area (Å²) in [6.45, 7) is 3.06. The molecule has 0 amide bonds. The maximum absolute atomic E-state index is 11.6. The molecule has 2 N–H and O–H groups in total. The number of likely N-dealkylation sites (N-methyl/N-ethyl adjacent to an activating group) is 1. The number of aliphatic hydroxyl groups excluding tert-OH is 1. The van der Waals surface area contributed by atoms with Gasteiger partial charge in [0, 0.05) is 18.2 Å². The van der Waals surface area contributed by atoms with Gasteiger partial charge in [-0.3, -0.25) is 9.69 Å². The summed E-state index contributed by atoms with van der Waals surface area (Å²) < 4.78 is 23.9. The molecule has 0 spiro atoms. The topological polar surface area (TPSA) is 121 Å². The van der Waals surface area contributed by atoms with Gasteiger partial charge in [0.25, 0.3) is 0 Å². The molecular weight excluding hydrogens is 596 g/mol. The van der Waals surface area contributed by atoms with Crippen LogP contribution in [0.5, 0.6) is 23.0 Å². The van der Waals surface area contributed by atoms with Gasteiger partial charge in [0.05, 0.1) is 23.3 Å². The summed E-state index contributed by atoms with van der Waals surface area (Å²) in [5.41, 5.74) is 5.96. The van der Waals surface area contributed by atoms with E-state index < -0.39 is 18.6 Å². The molecule has 0 aliphatic carbocycles. The number of rotatable bonds is 12. The SMILES string of the molecule is Cc1c(COc2cc(OCc3cccc(C#N)c3)c(CN(C)C(CO)C(=O)O)cc2Cl)cccc1-c1ccc2c(c1)OCCO2. The third-order valence-electron chi connectivity index (χ3n) is 7.66. The average molecular weight is 629 g/mol. The van der Waals surface area contributed by atoms with Gasteiger partial charge in [-0.1, -0.05) is 48.0 Å². The molecule has 0 saturated heterocycles. The molecule has 1 unspecified atom stereocenters. The number of hydrogen-bond acceptors (Lipinski definition) is 8. The molecule has 232 valence electrons. The van der Waals surface area contributed by atoms with Crippen LogP contribution in [0.15, 0.2) is 72.8 Å². The highest BCUT2D eigenvalue weighted by Gasteiger charge is 2.24. The van der Waals surface area contributed by atoms with E-state index in [4.69, 9.17) is 30.5 Å². The van der Waals surface area contributed by atoms with Crippen LogP contribution >= 0.6 is 11.6 Å². The van der Waals surface area contributed by atoms with Crippen molar-refractivity contribution in [3.8, 4) is 40.2 Å². The van der Waals surface area contributed by atoms with Gasteiger partial charge in [0.2, 0.25) is 0 Å². The van der Waals surface area contributed by atoms with Gasteiger partial charge in [-0.15, -0.1) is 0 Å². The number of nitriles is 1. The second kappa shape index (κ2) is 14.4. The number of carboxylic acids is 1. The van der Waals surface area contributed by atoms with Crippen LogP contribution in [-0.2, 0) is 24.6 Å². The molecule has 0 aromatic heterocycles. The molecule has 10 heteroatoms. The third kappa shape index (κ3) is 7.49. The summed E-state index contributed by atoms with van der Waals surface area (Å²) in [5.74, 6) is 1.14. The minimum Gasteiger partial charge on any atom is -0.488 e. The van der Waals surface area contributed by atoms with E-state index in [0.717, 1.165) is 39.3 Å². The van der Waals surface area contributed by atoms with Crippen molar-refractivity contribution in [2.45, 2.75) is 32.7 Å². The molecule has 4 aromatic rings.